The van der Waals surface area contributed by atoms with E-state index in [1.54, 1.807) is 0 Å². The third-order valence-corrected chi connectivity index (χ3v) is 3.39. The largest absolute Gasteiger partial charge is 0.376 e. The monoisotopic (exact) mass is 170 g/mol. The Labute approximate surface area is 73.9 Å². The Balaban J connectivity index is 2.09. The van der Waals surface area contributed by atoms with Crippen LogP contribution in [-0.4, -0.2) is 44.3 Å². The standard InChI is InChI=1S/C9H18N2O/c1-11-4-2-9(7-11)3-5-12-8(9)6-10/h8H,2-7,10H2,1H3. The Hall–Kier alpha value is -0.120. The Kier molecular flexibility index (Phi) is 2.10. The van der Waals surface area contributed by atoms with E-state index in [1.807, 2.05) is 0 Å². The van der Waals surface area contributed by atoms with E-state index in [4.69, 9.17) is 10.5 Å². The highest BCUT2D eigenvalue weighted by atomic mass is 16.5. The van der Waals surface area contributed by atoms with Gasteiger partial charge < -0.3 is 15.4 Å². The van der Waals surface area contributed by atoms with Crippen molar-refractivity contribution in [2.75, 3.05) is 33.3 Å². The number of rotatable bonds is 1. The van der Waals surface area contributed by atoms with Crippen molar-refractivity contribution in [1.82, 2.24) is 4.90 Å². The van der Waals surface area contributed by atoms with Gasteiger partial charge in [0.2, 0.25) is 0 Å². The van der Waals surface area contributed by atoms with Gasteiger partial charge in [-0.3, -0.25) is 0 Å². The predicted octanol–water partition coefficient (Wildman–Crippen LogP) is 0.0559. The zero-order valence-electron chi connectivity index (χ0n) is 7.75. The van der Waals surface area contributed by atoms with Gasteiger partial charge in [0.25, 0.3) is 0 Å². The average molecular weight is 170 g/mol. The molecule has 2 aliphatic rings. The second-order valence-corrected chi connectivity index (χ2v) is 4.20. The SMILES string of the molecule is CN1CCC2(CCOC2CN)C1. The lowest BCUT2D eigenvalue weighted by Crippen LogP contribution is -2.38. The number of nitrogens with two attached hydrogens (primary N) is 1. The van der Waals surface area contributed by atoms with Gasteiger partial charge in [-0.2, -0.15) is 0 Å². The maximum Gasteiger partial charge on any atom is 0.0766 e. The molecule has 0 amide bonds. The molecule has 0 aromatic rings. The molecule has 2 saturated heterocycles. The van der Waals surface area contributed by atoms with Crippen molar-refractivity contribution in [1.29, 1.82) is 0 Å². The molecule has 2 rings (SSSR count). The summed E-state index contributed by atoms with van der Waals surface area (Å²) in [4.78, 5) is 2.39. The molecule has 12 heavy (non-hydrogen) atoms. The van der Waals surface area contributed by atoms with Crippen LogP contribution >= 0.6 is 0 Å². The molecule has 3 nitrogen and oxygen atoms in total. The highest BCUT2D eigenvalue weighted by molar-refractivity contribution is 4.98. The normalized spacial score (nSPS) is 43.0. The first-order chi connectivity index (χ1) is 5.77. The second kappa shape index (κ2) is 2.98. The third kappa shape index (κ3) is 1.16. The molecule has 2 N–H and O–H groups in total. The van der Waals surface area contributed by atoms with E-state index < -0.39 is 0 Å². The summed E-state index contributed by atoms with van der Waals surface area (Å²) in [5.74, 6) is 0. The van der Waals surface area contributed by atoms with Crippen LogP contribution in [0.25, 0.3) is 0 Å². The molecule has 0 bridgehead atoms. The van der Waals surface area contributed by atoms with Gasteiger partial charge in [0.15, 0.2) is 0 Å². The minimum atomic E-state index is 0.322. The van der Waals surface area contributed by atoms with Gasteiger partial charge in [-0.1, -0.05) is 0 Å². The van der Waals surface area contributed by atoms with E-state index in [-0.39, 0.29) is 0 Å². The zero-order chi connectivity index (χ0) is 8.60. The van der Waals surface area contributed by atoms with Gasteiger partial charge in [0.1, 0.15) is 0 Å². The van der Waals surface area contributed by atoms with Crippen molar-refractivity contribution in [2.45, 2.75) is 18.9 Å². The molecule has 1 spiro atoms. The van der Waals surface area contributed by atoms with Crippen molar-refractivity contribution in [3.63, 3.8) is 0 Å². The van der Waals surface area contributed by atoms with E-state index in [2.05, 4.69) is 11.9 Å². The van der Waals surface area contributed by atoms with Crippen molar-refractivity contribution < 1.29 is 4.74 Å². The summed E-state index contributed by atoms with van der Waals surface area (Å²) in [7, 11) is 2.18. The highest BCUT2D eigenvalue weighted by Crippen LogP contribution is 2.42. The average Bonchev–Trinajstić information content (AvgIpc) is 2.60. The van der Waals surface area contributed by atoms with Gasteiger partial charge in [-0.15, -0.1) is 0 Å². The van der Waals surface area contributed by atoms with Crippen LogP contribution in [0, 0.1) is 5.41 Å². The number of hydrogen-bond donors (Lipinski definition) is 1. The van der Waals surface area contributed by atoms with Gasteiger partial charge >= 0.3 is 0 Å². The Bertz CT molecular complexity index is 174. The van der Waals surface area contributed by atoms with E-state index in [0.29, 0.717) is 18.1 Å². The minimum Gasteiger partial charge on any atom is -0.376 e. The number of nitrogens with zero attached hydrogens (tertiary/aromatic N) is 1. The van der Waals surface area contributed by atoms with Crippen LogP contribution in [-0.2, 0) is 4.74 Å². The first kappa shape index (κ1) is 8.48. The van der Waals surface area contributed by atoms with Crippen molar-refractivity contribution in [2.24, 2.45) is 11.1 Å². The molecular formula is C9H18N2O. The molecule has 0 aromatic carbocycles. The smallest absolute Gasteiger partial charge is 0.0766 e. The molecule has 0 radical (unpaired) electrons. The summed E-state index contributed by atoms with van der Waals surface area (Å²) in [6.07, 6.45) is 2.80. The molecule has 2 unspecified atom stereocenters. The molecule has 70 valence electrons. The fraction of sp³-hybridized carbons (Fsp3) is 1.00. The second-order valence-electron chi connectivity index (χ2n) is 4.20. The van der Waals surface area contributed by atoms with Crippen LogP contribution in [0.1, 0.15) is 12.8 Å². The highest BCUT2D eigenvalue weighted by Gasteiger charge is 2.46. The molecule has 3 heteroatoms. The molecule has 2 atom stereocenters. The lowest BCUT2D eigenvalue weighted by Gasteiger charge is -2.28. The summed E-state index contributed by atoms with van der Waals surface area (Å²) in [6.45, 7) is 3.98. The summed E-state index contributed by atoms with van der Waals surface area (Å²) >= 11 is 0. The molecule has 0 saturated carbocycles. The zero-order valence-corrected chi connectivity index (χ0v) is 7.75. The summed E-state index contributed by atoms with van der Waals surface area (Å²) in [6, 6.07) is 0. The maximum absolute atomic E-state index is 5.69. The van der Waals surface area contributed by atoms with Crippen LogP contribution in [0.15, 0.2) is 0 Å². The van der Waals surface area contributed by atoms with Crippen LogP contribution in [0.2, 0.25) is 0 Å². The molecule has 0 aliphatic carbocycles. The number of hydrogen-bond acceptors (Lipinski definition) is 3. The van der Waals surface area contributed by atoms with Crippen LogP contribution in [0.4, 0.5) is 0 Å². The fourth-order valence-electron chi connectivity index (χ4n) is 2.64. The van der Waals surface area contributed by atoms with E-state index >= 15 is 0 Å². The van der Waals surface area contributed by atoms with Crippen molar-refractivity contribution in [3.8, 4) is 0 Å². The quantitative estimate of drug-likeness (QED) is 0.604. The van der Waals surface area contributed by atoms with Crippen LogP contribution < -0.4 is 5.73 Å². The predicted molar refractivity (Wildman–Crippen MR) is 48.0 cm³/mol. The summed E-state index contributed by atoms with van der Waals surface area (Å²) in [5, 5.41) is 0. The minimum absolute atomic E-state index is 0.322. The molecular weight excluding hydrogens is 152 g/mol. The fourth-order valence-corrected chi connectivity index (χ4v) is 2.64. The van der Waals surface area contributed by atoms with Crippen molar-refractivity contribution in [3.05, 3.63) is 0 Å². The molecule has 2 aliphatic heterocycles. The summed E-state index contributed by atoms with van der Waals surface area (Å²) < 4.78 is 5.64. The Morgan fingerprint density at radius 1 is 1.58 bits per heavy atom. The van der Waals surface area contributed by atoms with Gasteiger partial charge in [-0.05, 0) is 26.4 Å². The maximum atomic E-state index is 5.69. The van der Waals surface area contributed by atoms with Crippen LogP contribution in [0.3, 0.4) is 0 Å². The number of ether oxygens (including phenoxy) is 1. The van der Waals surface area contributed by atoms with E-state index in [9.17, 15) is 0 Å². The van der Waals surface area contributed by atoms with Gasteiger partial charge in [0, 0.05) is 25.1 Å². The summed E-state index contributed by atoms with van der Waals surface area (Å²) in [5.41, 5.74) is 6.10. The Morgan fingerprint density at radius 3 is 3.00 bits per heavy atom. The topological polar surface area (TPSA) is 38.5 Å². The molecule has 2 fully saturated rings. The van der Waals surface area contributed by atoms with E-state index in [1.165, 1.54) is 25.9 Å². The van der Waals surface area contributed by atoms with Gasteiger partial charge in [0.05, 0.1) is 6.10 Å². The van der Waals surface area contributed by atoms with Gasteiger partial charge in [-0.25, -0.2) is 0 Å². The lowest BCUT2D eigenvalue weighted by molar-refractivity contribution is 0.0601. The van der Waals surface area contributed by atoms with E-state index in [0.717, 1.165) is 6.61 Å². The van der Waals surface area contributed by atoms with Crippen LogP contribution in [0.5, 0.6) is 0 Å². The molecule has 2 heterocycles. The Morgan fingerprint density at radius 2 is 2.42 bits per heavy atom. The third-order valence-electron chi connectivity index (χ3n) is 3.39. The van der Waals surface area contributed by atoms with Crippen molar-refractivity contribution >= 4 is 0 Å². The first-order valence-corrected chi connectivity index (χ1v) is 4.77. The first-order valence-electron chi connectivity index (χ1n) is 4.77. The molecule has 0 aromatic heterocycles. The lowest BCUT2D eigenvalue weighted by atomic mass is 9.80. The number of likely N-dealkylation sites (tertiary alicyclic amines) is 1.